The smallest absolute Gasteiger partial charge is 0.248 e. The minimum atomic E-state index is -0.395. The molecule has 100 valence electrons. The number of carbonyl (C=O) groups excluding carboxylic acids is 1. The van der Waals surface area contributed by atoms with Crippen molar-refractivity contribution in [3.8, 4) is 0 Å². The predicted molar refractivity (Wildman–Crippen MR) is 73.7 cm³/mol. The van der Waals surface area contributed by atoms with E-state index in [-0.39, 0.29) is 0 Å². The van der Waals surface area contributed by atoms with Crippen molar-refractivity contribution >= 4 is 5.91 Å². The molecular weight excluding hydrogens is 240 g/mol. The Morgan fingerprint density at radius 1 is 1.21 bits per heavy atom. The molecule has 1 aromatic carbocycles. The number of furan rings is 1. The van der Waals surface area contributed by atoms with Gasteiger partial charge in [-0.1, -0.05) is 6.07 Å². The second-order valence-corrected chi connectivity index (χ2v) is 4.62. The van der Waals surface area contributed by atoms with Gasteiger partial charge in [0.2, 0.25) is 5.91 Å². The molecule has 0 fully saturated rings. The topological polar surface area (TPSA) is 68.3 Å². The van der Waals surface area contributed by atoms with Gasteiger partial charge in [0.05, 0.1) is 6.54 Å². The van der Waals surface area contributed by atoms with Crippen LogP contribution in [0, 0.1) is 13.8 Å². The Morgan fingerprint density at radius 2 is 2.00 bits per heavy atom. The largest absolute Gasteiger partial charge is 0.465 e. The van der Waals surface area contributed by atoms with Gasteiger partial charge in [0.1, 0.15) is 11.5 Å². The van der Waals surface area contributed by atoms with Crippen LogP contribution in [0.25, 0.3) is 0 Å². The van der Waals surface area contributed by atoms with Gasteiger partial charge in [-0.2, -0.15) is 0 Å². The third-order valence-corrected chi connectivity index (χ3v) is 3.04. The van der Waals surface area contributed by atoms with E-state index in [1.54, 1.807) is 6.07 Å². The Morgan fingerprint density at radius 3 is 2.58 bits per heavy atom. The van der Waals surface area contributed by atoms with Crippen LogP contribution in [-0.2, 0) is 13.1 Å². The fourth-order valence-electron chi connectivity index (χ4n) is 1.95. The molecule has 0 radical (unpaired) electrons. The van der Waals surface area contributed by atoms with Crippen LogP contribution < -0.4 is 11.1 Å². The standard InChI is InChI=1S/C15H18N2O2/c1-10-7-12(15(16)18)4-5-13(10)8-17-9-14-6-3-11(2)19-14/h3-7,17H,8-9H2,1-2H3,(H2,16,18). The first-order valence-corrected chi connectivity index (χ1v) is 6.21. The van der Waals surface area contributed by atoms with Crippen molar-refractivity contribution in [1.82, 2.24) is 5.32 Å². The van der Waals surface area contributed by atoms with E-state index in [4.69, 9.17) is 10.2 Å². The lowest BCUT2D eigenvalue weighted by molar-refractivity contribution is 0.1000. The Balaban J connectivity index is 1.94. The predicted octanol–water partition coefficient (Wildman–Crippen LogP) is 2.29. The monoisotopic (exact) mass is 258 g/mol. The Hall–Kier alpha value is -2.07. The number of nitrogens with one attached hydrogen (secondary N) is 1. The number of amides is 1. The van der Waals surface area contributed by atoms with E-state index in [0.29, 0.717) is 12.1 Å². The van der Waals surface area contributed by atoms with E-state index >= 15 is 0 Å². The third kappa shape index (κ3) is 3.45. The van der Waals surface area contributed by atoms with Crippen molar-refractivity contribution in [1.29, 1.82) is 0 Å². The molecule has 3 N–H and O–H groups in total. The second kappa shape index (κ2) is 5.71. The summed E-state index contributed by atoms with van der Waals surface area (Å²) in [6.45, 7) is 5.31. The highest BCUT2D eigenvalue weighted by Crippen LogP contribution is 2.11. The normalized spacial score (nSPS) is 10.6. The molecule has 1 heterocycles. The zero-order valence-corrected chi connectivity index (χ0v) is 11.2. The lowest BCUT2D eigenvalue weighted by Gasteiger charge is -2.08. The van der Waals surface area contributed by atoms with Crippen LogP contribution >= 0.6 is 0 Å². The van der Waals surface area contributed by atoms with E-state index in [1.165, 1.54) is 0 Å². The molecule has 0 aliphatic carbocycles. The summed E-state index contributed by atoms with van der Waals surface area (Å²) in [6.07, 6.45) is 0. The Labute approximate surface area is 112 Å². The summed E-state index contributed by atoms with van der Waals surface area (Å²) >= 11 is 0. The number of aryl methyl sites for hydroxylation is 2. The van der Waals surface area contributed by atoms with Gasteiger partial charge in [-0.15, -0.1) is 0 Å². The van der Waals surface area contributed by atoms with Gasteiger partial charge in [0, 0.05) is 12.1 Å². The average Bonchev–Trinajstić information content (AvgIpc) is 2.77. The number of rotatable bonds is 5. The number of carbonyl (C=O) groups is 1. The van der Waals surface area contributed by atoms with Crippen molar-refractivity contribution in [3.63, 3.8) is 0 Å². The van der Waals surface area contributed by atoms with Crippen molar-refractivity contribution in [3.05, 3.63) is 58.5 Å². The van der Waals surface area contributed by atoms with E-state index in [1.807, 2.05) is 38.1 Å². The van der Waals surface area contributed by atoms with Gasteiger partial charge in [-0.3, -0.25) is 4.79 Å². The number of hydrogen-bond donors (Lipinski definition) is 2. The van der Waals surface area contributed by atoms with Gasteiger partial charge >= 0.3 is 0 Å². The molecule has 4 nitrogen and oxygen atoms in total. The molecule has 0 atom stereocenters. The molecule has 2 aromatic rings. The van der Waals surface area contributed by atoms with Crippen molar-refractivity contribution in [2.24, 2.45) is 5.73 Å². The van der Waals surface area contributed by atoms with Crippen LogP contribution in [0.5, 0.6) is 0 Å². The first kappa shape index (κ1) is 13.4. The van der Waals surface area contributed by atoms with E-state index in [2.05, 4.69) is 5.32 Å². The molecule has 2 rings (SSSR count). The molecular formula is C15H18N2O2. The lowest BCUT2D eigenvalue weighted by Crippen LogP contribution is -2.15. The summed E-state index contributed by atoms with van der Waals surface area (Å²) in [7, 11) is 0. The highest BCUT2D eigenvalue weighted by molar-refractivity contribution is 5.93. The van der Waals surface area contributed by atoms with Crippen LogP contribution in [0.4, 0.5) is 0 Å². The van der Waals surface area contributed by atoms with Crippen LogP contribution in [0.15, 0.2) is 34.7 Å². The summed E-state index contributed by atoms with van der Waals surface area (Å²) in [5, 5.41) is 3.31. The van der Waals surface area contributed by atoms with Gasteiger partial charge in [0.15, 0.2) is 0 Å². The van der Waals surface area contributed by atoms with E-state index in [0.717, 1.165) is 29.2 Å². The zero-order chi connectivity index (χ0) is 13.8. The Kier molecular flexibility index (Phi) is 4.02. The molecule has 1 aromatic heterocycles. The number of benzene rings is 1. The summed E-state index contributed by atoms with van der Waals surface area (Å²) in [6, 6.07) is 9.41. The molecule has 0 bridgehead atoms. The lowest BCUT2D eigenvalue weighted by atomic mass is 10.0. The minimum absolute atomic E-state index is 0.395. The Bertz CT molecular complexity index is 588. The summed E-state index contributed by atoms with van der Waals surface area (Å²) in [4.78, 5) is 11.1. The quantitative estimate of drug-likeness (QED) is 0.864. The summed E-state index contributed by atoms with van der Waals surface area (Å²) < 4.78 is 5.48. The van der Waals surface area contributed by atoms with Crippen molar-refractivity contribution < 1.29 is 9.21 Å². The highest BCUT2D eigenvalue weighted by Gasteiger charge is 2.04. The molecule has 0 unspecified atom stereocenters. The molecule has 4 heteroatoms. The van der Waals surface area contributed by atoms with Crippen LogP contribution in [-0.4, -0.2) is 5.91 Å². The first-order chi connectivity index (χ1) is 9.06. The van der Waals surface area contributed by atoms with Crippen LogP contribution in [0.2, 0.25) is 0 Å². The SMILES string of the molecule is Cc1ccc(CNCc2ccc(C(N)=O)cc2C)o1. The fourth-order valence-corrected chi connectivity index (χ4v) is 1.95. The molecule has 0 saturated heterocycles. The highest BCUT2D eigenvalue weighted by atomic mass is 16.3. The molecule has 1 amide bonds. The van der Waals surface area contributed by atoms with Crippen LogP contribution in [0.1, 0.15) is 33.0 Å². The van der Waals surface area contributed by atoms with Gasteiger partial charge in [0.25, 0.3) is 0 Å². The molecule has 0 aliphatic heterocycles. The van der Waals surface area contributed by atoms with E-state index < -0.39 is 5.91 Å². The molecule has 0 spiro atoms. The maximum Gasteiger partial charge on any atom is 0.248 e. The first-order valence-electron chi connectivity index (χ1n) is 6.21. The fraction of sp³-hybridized carbons (Fsp3) is 0.267. The summed E-state index contributed by atoms with van der Waals surface area (Å²) in [5.74, 6) is 1.44. The van der Waals surface area contributed by atoms with Crippen molar-refractivity contribution in [2.45, 2.75) is 26.9 Å². The molecule has 19 heavy (non-hydrogen) atoms. The maximum atomic E-state index is 11.1. The van der Waals surface area contributed by atoms with Crippen LogP contribution in [0.3, 0.4) is 0 Å². The number of hydrogen-bond acceptors (Lipinski definition) is 3. The van der Waals surface area contributed by atoms with E-state index in [9.17, 15) is 4.79 Å². The van der Waals surface area contributed by atoms with Crippen molar-refractivity contribution in [2.75, 3.05) is 0 Å². The molecule has 0 saturated carbocycles. The second-order valence-electron chi connectivity index (χ2n) is 4.62. The van der Waals surface area contributed by atoms with Gasteiger partial charge in [-0.05, 0) is 49.2 Å². The number of primary amides is 1. The maximum absolute atomic E-state index is 11.1. The minimum Gasteiger partial charge on any atom is -0.465 e. The average molecular weight is 258 g/mol. The number of nitrogens with two attached hydrogens (primary N) is 1. The molecule has 0 aliphatic rings. The van der Waals surface area contributed by atoms with Gasteiger partial charge < -0.3 is 15.5 Å². The third-order valence-electron chi connectivity index (χ3n) is 3.04. The summed E-state index contributed by atoms with van der Waals surface area (Å²) in [5.41, 5.74) is 7.99. The van der Waals surface area contributed by atoms with Gasteiger partial charge in [-0.25, -0.2) is 0 Å². The zero-order valence-electron chi connectivity index (χ0n) is 11.2.